The first-order chi connectivity index (χ1) is 65.3. The SMILES string of the molecule is Cc1nn(-c2nc(O)nc(-n3nc(C)c(N=Nc4c(C#N)cnn4-c4cc(SOOO)ccc4S(=O)(=O)O)c3N)n2)c(N)c1N=Nc1c(C#N)cnn1-c1cc(S(=O)(=O)O)ccc1SOOO.Cc1nn(-c2nc(O)nc(-n3nc(C)c(N=Nc4c(C#N)cnn4-c4ccc(S(=O)(=O)CCCS(=O)(=O)O)cc4)c3N)n2)c(N)c1N=Nc1c(C#N)cnn1-c1ccc(S(=O)(=O)CCCS(=O)(=O)O)cc1. The van der Waals surface area contributed by atoms with Gasteiger partial charge in [-0.3, -0.25) is 18.2 Å². The molecule has 70 heteroatoms. The number of benzene rings is 4. The van der Waals surface area contributed by atoms with E-state index in [1.165, 1.54) is 110 Å². The summed E-state index contributed by atoms with van der Waals surface area (Å²) in [6, 6.07) is 22.9. The molecule has 4 aromatic carbocycles. The Bertz CT molecular complexity index is 8000. The molecule has 0 fully saturated rings. The van der Waals surface area contributed by atoms with Crippen LogP contribution >= 0.6 is 24.1 Å². The lowest BCUT2D eigenvalue weighted by Crippen LogP contribution is -2.13. The van der Waals surface area contributed by atoms with Crippen molar-refractivity contribution in [3.05, 3.63) is 155 Å². The maximum absolute atomic E-state index is 12.8. The number of anilines is 4. The Hall–Kier alpha value is -16.3. The first kappa shape index (κ1) is 99.2. The van der Waals surface area contributed by atoms with Gasteiger partial charge in [0.1, 0.15) is 51.4 Å². The standard InChI is InChI=1S/C37H35N19O11S4.C31H23N19O13S4/c1-21-29(47-49-33-23(17-38)19-42-53(33)25-5-9-27(10-6-25)68(58,59)13-3-15-70(62,63)64)31(40)55(51-21)35-44-36(46-37(57)45-35)56-32(41)30(22(2)52-56)48-50-34-24(18-39)20-43-54(34)26-7-11-28(12-8-26)69(60,61)14-4-16-71(65,66)67;1-13-23(41-43-27-15(9-32)11-36-47(27)19-8-18(66(54,55)56)4-5-21(19)65-63-61-53)25(34)49(45-13)29-38-30(40-31(51)39-29)50-26(35)24(14(2)46-50)42-44-28-16(10-33)12-37-48(28)20-7-17(64-62-60-52)3-6-22(20)67(57,58)59/h5-12,19-20H,3-4,13-16,40-41H2,1-2H3,(H,62,63,64)(H,65,66,67)(H,44,45,46,57);3-8,11-12,52-53H,34-35H2,1-2H3,(H,54,55,56)(H,57,58,59)(H,38,39,40,51). The predicted molar refractivity (Wildman–Crippen MR) is 465 cm³/mol. The second-order valence-electron chi connectivity index (χ2n) is 27.4. The van der Waals surface area contributed by atoms with Crippen LogP contribution in [0.3, 0.4) is 0 Å². The minimum atomic E-state index is -4.90. The molecule has 0 radical (unpaired) electrons. The highest BCUT2D eigenvalue weighted by Crippen LogP contribution is 2.41. The van der Waals surface area contributed by atoms with Crippen molar-refractivity contribution in [1.82, 2.24) is 108 Å². The molecule has 0 aliphatic rings. The molecule has 10 heterocycles. The molecule has 138 heavy (non-hydrogen) atoms. The zero-order valence-corrected chi connectivity index (χ0v) is 76.1. The molecule has 0 saturated carbocycles. The van der Waals surface area contributed by atoms with Crippen LogP contribution in [0, 0.1) is 73.0 Å². The lowest BCUT2D eigenvalue weighted by molar-refractivity contribution is -0.432. The van der Waals surface area contributed by atoms with E-state index in [1.807, 2.05) is 24.3 Å². The molecule has 0 unspecified atom stereocenters. The van der Waals surface area contributed by atoms with Crippen LogP contribution in [0.5, 0.6) is 12.0 Å². The smallest absolute Gasteiger partial charge is 0.320 e. The van der Waals surface area contributed by atoms with Crippen LogP contribution in [-0.2, 0) is 78.9 Å². The summed E-state index contributed by atoms with van der Waals surface area (Å²) in [4.78, 5) is 22.9. The Balaban J connectivity index is 0.000000233. The Morgan fingerprint density at radius 1 is 0.377 bits per heavy atom. The van der Waals surface area contributed by atoms with Crippen LogP contribution in [0.4, 0.5) is 69.3 Å². The number of azo groups is 4. The minimum Gasteiger partial charge on any atom is -0.479 e. The van der Waals surface area contributed by atoms with Crippen molar-refractivity contribution in [2.24, 2.45) is 40.9 Å². The van der Waals surface area contributed by atoms with Gasteiger partial charge < -0.3 is 33.1 Å². The van der Waals surface area contributed by atoms with Gasteiger partial charge in [0.2, 0.25) is 0 Å². The van der Waals surface area contributed by atoms with E-state index in [0.29, 0.717) is 24.1 Å². The largest absolute Gasteiger partial charge is 0.479 e. The third kappa shape index (κ3) is 21.9. The van der Waals surface area contributed by atoms with Crippen molar-refractivity contribution in [1.29, 1.82) is 21.0 Å². The van der Waals surface area contributed by atoms with Gasteiger partial charge in [-0.25, -0.2) is 46.1 Å². The van der Waals surface area contributed by atoms with Crippen LogP contribution in [0.2, 0.25) is 0 Å². The Labute approximate surface area is 780 Å². The average Bonchev–Trinajstić information content (AvgIpc) is 1.61. The predicted octanol–water partition coefficient (Wildman–Crippen LogP) is 6.80. The summed E-state index contributed by atoms with van der Waals surface area (Å²) in [6.07, 6.45) is 3.84. The number of nitrogens with zero attached hydrogens (tertiary/aromatic N) is 34. The number of aromatic nitrogens is 22. The molecule has 62 nitrogen and oxygen atoms in total. The van der Waals surface area contributed by atoms with Gasteiger partial charge in [-0.15, -0.1) is 49.6 Å². The number of aryl methyl sites for hydroxylation is 4. The number of sulfone groups is 2. The number of hydrogen-bond donors (Lipinski definition) is 12. The highest BCUT2D eigenvalue weighted by Gasteiger charge is 2.31. The van der Waals surface area contributed by atoms with Crippen LogP contribution in [0.25, 0.3) is 46.5 Å². The summed E-state index contributed by atoms with van der Waals surface area (Å²) in [5, 5.41) is 152. The Morgan fingerprint density at radius 3 is 1.01 bits per heavy atom. The van der Waals surface area contributed by atoms with Gasteiger partial charge in [0.25, 0.3) is 64.3 Å². The van der Waals surface area contributed by atoms with E-state index in [2.05, 4.69) is 130 Å². The van der Waals surface area contributed by atoms with E-state index < -0.39 is 117 Å². The van der Waals surface area contributed by atoms with Crippen molar-refractivity contribution >= 4 is 154 Å². The van der Waals surface area contributed by atoms with Gasteiger partial charge >= 0.3 is 12.0 Å². The summed E-state index contributed by atoms with van der Waals surface area (Å²) >= 11 is 0.859. The van der Waals surface area contributed by atoms with Crippen LogP contribution in [0.15, 0.2) is 180 Å². The first-order valence-electron chi connectivity index (χ1n) is 37.3. The molecule has 0 amide bonds. The van der Waals surface area contributed by atoms with Crippen LogP contribution < -0.4 is 22.9 Å². The molecule has 0 bridgehead atoms. The van der Waals surface area contributed by atoms with Gasteiger partial charge in [0.15, 0.2) is 89.0 Å². The molecule has 712 valence electrons. The summed E-state index contributed by atoms with van der Waals surface area (Å²) in [5.41, 5.74) is 25.5. The third-order valence-electron chi connectivity index (χ3n) is 18.4. The fourth-order valence-electron chi connectivity index (χ4n) is 12.1. The van der Waals surface area contributed by atoms with Crippen molar-refractivity contribution < 1.29 is 108 Å². The number of rotatable bonds is 34. The number of nitrogen functional groups attached to an aromatic ring is 4. The highest BCUT2D eigenvalue weighted by atomic mass is 32.2. The topological polar surface area (TPSA) is 922 Å². The fraction of sp³-hybridized carbons (Fsp3) is 0.147. The monoisotopic (exact) mass is 2050 g/mol. The second-order valence-corrected chi connectivity index (χ2v) is 39.1. The van der Waals surface area contributed by atoms with Gasteiger partial charge in [-0.2, -0.15) is 144 Å². The molecule has 16 N–H and O–H groups in total. The van der Waals surface area contributed by atoms with E-state index in [4.69, 9.17) is 42.6 Å². The van der Waals surface area contributed by atoms with Crippen molar-refractivity contribution in [2.75, 3.05) is 45.9 Å². The molecule has 0 aliphatic carbocycles. The second kappa shape index (κ2) is 40.1. The third-order valence-corrected chi connectivity index (χ3v) is 26.6. The van der Waals surface area contributed by atoms with Crippen molar-refractivity contribution in [3.63, 3.8) is 0 Å². The molecule has 0 spiro atoms. The Morgan fingerprint density at radius 2 is 0.696 bits per heavy atom. The maximum Gasteiger partial charge on any atom is 0.320 e. The van der Waals surface area contributed by atoms with E-state index in [-0.39, 0.29) is 181 Å². The zero-order valence-electron chi connectivity index (χ0n) is 69.5. The first-order valence-corrected chi connectivity index (χ1v) is 48.2. The van der Waals surface area contributed by atoms with Crippen molar-refractivity contribution in [2.45, 2.75) is 69.9 Å². The lowest BCUT2D eigenvalue weighted by atomic mass is 10.3. The van der Waals surface area contributed by atoms with Gasteiger partial charge in [0, 0.05) is 4.90 Å². The number of nitrogens with two attached hydrogens (primary N) is 4. The normalized spacial score (nSPS) is 12.3. The highest BCUT2D eigenvalue weighted by molar-refractivity contribution is 7.95. The average molecular weight is 2050 g/mol. The van der Waals surface area contributed by atoms with Crippen molar-refractivity contribution in [3.8, 4) is 82.8 Å². The van der Waals surface area contributed by atoms with E-state index >= 15 is 0 Å². The van der Waals surface area contributed by atoms with Gasteiger partial charge in [-0.05, 0) is 125 Å². The molecule has 0 aliphatic heterocycles. The number of aromatic hydroxyl groups is 2. The summed E-state index contributed by atoms with van der Waals surface area (Å²) in [5.74, 6) is -5.86. The molecule has 10 aromatic heterocycles. The molecule has 14 aromatic rings. The van der Waals surface area contributed by atoms with E-state index in [0.717, 1.165) is 64.7 Å². The molecule has 14 rings (SSSR count). The molecule has 0 atom stereocenters. The quantitative estimate of drug-likeness (QED) is 0.00648. The Kier molecular flexibility index (Phi) is 28.8. The minimum absolute atomic E-state index is 0.0303. The molecule has 0 saturated heterocycles. The van der Waals surface area contributed by atoms with Crippen LogP contribution in [0.1, 0.15) is 57.9 Å². The lowest BCUT2D eigenvalue weighted by Gasteiger charge is -2.10. The molecular formula is C68H58N38O24S8. The van der Waals surface area contributed by atoms with Gasteiger partial charge in [0.05, 0.1) is 137 Å². The number of hydrogen-bond acceptors (Lipinski definition) is 52. The summed E-state index contributed by atoms with van der Waals surface area (Å²) in [6.45, 7) is 5.93. The summed E-state index contributed by atoms with van der Waals surface area (Å²) in [7, 11) is -26.2. The maximum atomic E-state index is 12.8. The zero-order chi connectivity index (χ0) is 100. The van der Waals surface area contributed by atoms with Crippen LogP contribution in [-0.4, -0.2) is 221 Å². The van der Waals surface area contributed by atoms with E-state index in [1.54, 1.807) is 0 Å². The summed E-state index contributed by atoms with van der Waals surface area (Å²) < 4.78 is 198. The molecular weight excluding hydrogens is 1990 g/mol. The van der Waals surface area contributed by atoms with E-state index in [9.17, 15) is 90.9 Å². The number of nitriles is 4. The van der Waals surface area contributed by atoms with Gasteiger partial charge in [-0.1, -0.05) is 10.1 Å². The fourth-order valence-corrected chi connectivity index (χ4v) is 18.1.